The van der Waals surface area contributed by atoms with Crippen LogP contribution in [0.3, 0.4) is 0 Å². The fourth-order valence-electron chi connectivity index (χ4n) is 2.09. The smallest absolute Gasteiger partial charge is 0.252 e. The van der Waals surface area contributed by atoms with Crippen LogP contribution < -0.4 is 10.1 Å². The number of carbonyl (C=O) groups excluding carboxylic acids is 1. The van der Waals surface area contributed by atoms with Gasteiger partial charge in [-0.25, -0.2) is 4.98 Å². The van der Waals surface area contributed by atoms with E-state index in [0.717, 1.165) is 12.0 Å². The lowest BCUT2D eigenvalue weighted by molar-refractivity contribution is 0.0635. The standard InChI is InChI=1S/C18H22N2O3/c1-14(15-7-4-3-5-8-15)23-12-6-11-19-18(21)16-9-10-17(22-2)20-13-16/h3-5,7-10,13-14H,6,11-12H2,1-2H3,(H,19,21). The molecule has 122 valence electrons. The zero-order valence-electron chi connectivity index (χ0n) is 13.5. The molecule has 0 aliphatic heterocycles. The van der Waals surface area contributed by atoms with Gasteiger partial charge in [-0.2, -0.15) is 0 Å². The molecule has 0 spiro atoms. The molecular formula is C18H22N2O3. The Morgan fingerprint density at radius 3 is 2.65 bits per heavy atom. The third-order valence-electron chi connectivity index (χ3n) is 3.45. The van der Waals surface area contributed by atoms with Gasteiger partial charge in [0.1, 0.15) is 0 Å². The number of nitrogens with zero attached hydrogens (tertiary/aromatic N) is 1. The quantitative estimate of drug-likeness (QED) is 0.761. The minimum atomic E-state index is -0.142. The lowest BCUT2D eigenvalue weighted by atomic mass is 10.1. The van der Waals surface area contributed by atoms with E-state index in [1.165, 1.54) is 6.20 Å². The number of carbonyl (C=O) groups is 1. The predicted octanol–water partition coefficient (Wildman–Crippen LogP) is 2.99. The van der Waals surface area contributed by atoms with Crippen LogP contribution >= 0.6 is 0 Å². The molecule has 1 aromatic heterocycles. The summed E-state index contributed by atoms with van der Waals surface area (Å²) in [5, 5.41) is 2.85. The van der Waals surface area contributed by atoms with Gasteiger partial charge in [-0.15, -0.1) is 0 Å². The summed E-state index contributed by atoms with van der Waals surface area (Å²) in [5.41, 5.74) is 1.67. The van der Waals surface area contributed by atoms with Crippen LogP contribution in [0.4, 0.5) is 0 Å². The van der Waals surface area contributed by atoms with Gasteiger partial charge < -0.3 is 14.8 Å². The van der Waals surface area contributed by atoms with Gasteiger partial charge >= 0.3 is 0 Å². The van der Waals surface area contributed by atoms with E-state index in [1.54, 1.807) is 19.2 Å². The number of rotatable bonds is 8. The van der Waals surface area contributed by atoms with Crippen molar-refractivity contribution in [2.75, 3.05) is 20.3 Å². The molecule has 5 nitrogen and oxygen atoms in total. The van der Waals surface area contributed by atoms with Crippen LogP contribution in [0.2, 0.25) is 0 Å². The highest BCUT2D eigenvalue weighted by molar-refractivity contribution is 5.93. The maximum absolute atomic E-state index is 11.9. The predicted molar refractivity (Wildman–Crippen MR) is 88.5 cm³/mol. The number of methoxy groups -OCH3 is 1. The Bertz CT molecular complexity index is 599. The highest BCUT2D eigenvalue weighted by Gasteiger charge is 2.07. The average Bonchev–Trinajstić information content (AvgIpc) is 2.62. The largest absolute Gasteiger partial charge is 0.481 e. The van der Waals surface area contributed by atoms with E-state index >= 15 is 0 Å². The summed E-state index contributed by atoms with van der Waals surface area (Å²) in [4.78, 5) is 15.9. The Morgan fingerprint density at radius 2 is 2.00 bits per heavy atom. The number of hydrogen-bond acceptors (Lipinski definition) is 4. The van der Waals surface area contributed by atoms with Crippen LogP contribution in [0.25, 0.3) is 0 Å². The summed E-state index contributed by atoms with van der Waals surface area (Å²) < 4.78 is 10.7. The third-order valence-corrected chi connectivity index (χ3v) is 3.45. The first kappa shape index (κ1) is 17.0. The summed E-state index contributed by atoms with van der Waals surface area (Å²) in [7, 11) is 1.54. The highest BCUT2D eigenvalue weighted by atomic mass is 16.5. The maximum atomic E-state index is 11.9. The average molecular weight is 314 g/mol. The van der Waals surface area contributed by atoms with Gasteiger partial charge in [-0.05, 0) is 25.0 Å². The van der Waals surface area contributed by atoms with E-state index < -0.39 is 0 Å². The second kappa shape index (κ2) is 8.90. The van der Waals surface area contributed by atoms with Crippen LogP contribution in [0, 0.1) is 0 Å². The molecule has 0 saturated carbocycles. The fourth-order valence-corrected chi connectivity index (χ4v) is 2.09. The molecule has 1 aromatic carbocycles. The van der Waals surface area contributed by atoms with Crippen molar-refractivity contribution in [3.05, 3.63) is 59.8 Å². The van der Waals surface area contributed by atoms with Crippen molar-refractivity contribution in [3.63, 3.8) is 0 Å². The van der Waals surface area contributed by atoms with E-state index in [1.807, 2.05) is 37.3 Å². The van der Waals surface area contributed by atoms with Crippen molar-refractivity contribution in [1.29, 1.82) is 0 Å². The molecule has 5 heteroatoms. The molecule has 2 aromatic rings. The first-order valence-corrected chi connectivity index (χ1v) is 7.65. The van der Waals surface area contributed by atoms with Crippen molar-refractivity contribution >= 4 is 5.91 Å². The number of aromatic nitrogens is 1. The Morgan fingerprint density at radius 1 is 1.22 bits per heavy atom. The molecule has 1 amide bonds. The van der Waals surface area contributed by atoms with Gasteiger partial charge in [-0.1, -0.05) is 30.3 Å². The molecule has 1 unspecified atom stereocenters. The minimum absolute atomic E-state index is 0.0534. The Balaban J connectivity index is 1.65. The van der Waals surface area contributed by atoms with E-state index in [9.17, 15) is 4.79 Å². The molecule has 23 heavy (non-hydrogen) atoms. The third kappa shape index (κ3) is 5.38. The zero-order valence-corrected chi connectivity index (χ0v) is 13.5. The van der Waals surface area contributed by atoms with E-state index in [2.05, 4.69) is 10.3 Å². The van der Waals surface area contributed by atoms with E-state index in [4.69, 9.17) is 9.47 Å². The first-order chi connectivity index (χ1) is 11.2. The van der Waals surface area contributed by atoms with Crippen LogP contribution in [-0.4, -0.2) is 31.2 Å². The summed E-state index contributed by atoms with van der Waals surface area (Å²) in [6, 6.07) is 13.4. The molecule has 2 rings (SSSR count). The monoisotopic (exact) mass is 314 g/mol. The second-order valence-corrected chi connectivity index (χ2v) is 5.12. The summed E-state index contributed by atoms with van der Waals surface area (Å²) >= 11 is 0. The molecule has 0 radical (unpaired) electrons. The normalized spacial score (nSPS) is 11.7. The number of nitrogens with one attached hydrogen (secondary N) is 1. The van der Waals surface area contributed by atoms with Crippen molar-refractivity contribution < 1.29 is 14.3 Å². The van der Waals surface area contributed by atoms with Crippen LogP contribution in [0.1, 0.15) is 35.4 Å². The molecule has 1 N–H and O–H groups in total. The van der Waals surface area contributed by atoms with Crippen LogP contribution in [0.5, 0.6) is 5.88 Å². The first-order valence-electron chi connectivity index (χ1n) is 7.65. The molecule has 0 aliphatic rings. The van der Waals surface area contributed by atoms with Crippen molar-refractivity contribution in [3.8, 4) is 5.88 Å². The Labute approximate surface area is 136 Å². The molecule has 1 atom stereocenters. The second-order valence-electron chi connectivity index (χ2n) is 5.12. The number of benzene rings is 1. The molecule has 0 aliphatic carbocycles. The Kier molecular flexibility index (Phi) is 6.56. The van der Waals surface area contributed by atoms with Gasteiger partial charge in [-0.3, -0.25) is 4.79 Å². The molecule has 0 fully saturated rings. The molecule has 0 bridgehead atoms. The van der Waals surface area contributed by atoms with Crippen LogP contribution in [0.15, 0.2) is 48.7 Å². The van der Waals surface area contributed by atoms with Crippen molar-refractivity contribution in [1.82, 2.24) is 10.3 Å². The lowest BCUT2D eigenvalue weighted by Gasteiger charge is -2.13. The SMILES string of the molecule is COc1ccc(C(=O)NCCCOC(C)c2ccccc2)cn1. The zero-order chi connectivity index (χ0) is 16.5. The van der Waals surface area contributed by atoms with E-state index in [-0.39, 0.29) is 12.0 Å². The minimum Gasteiger partial charge on any atom is -0.481 e. The van der Waals surface area contributed by atoms with E-state index in [0.29, 0.717) is 24.6 Å². The summed E-state index contributed by atoms with van der Waals surface area (Å²) in [5.74, 6) is 0.348. The van der Waals surface area contributed by atoms with Gasteiger partial charge in [0.2, 0.25) is 5.88 Å². The van der Waals surface area contributed by atoms with Gasteiger partial charge in [0.05, 0.1) is 18.8 Å². The van der Waals surface area contributed by atoms with Crippen molar-refractivity contribution in [2.45, 2.75) is 19.4 Å². The van der Waals surface area contributed by atoms with Crippen LogP contribution in [-0.2, 0) is 4.74 Å². The summed E-state index contributed by atoms with van der Waals surface area (Å²) in [6.45, 7) is 3.18. The molecular weight excluding hydrogens is 292 g/mol. The van der Waals surface area contributed by atoms with Gasteiger partial charge in [0, 0.05) is 25.4 Å². The number of amides is 1. The summed E-state index contributed by atoms with van der Waals surface area (Å²) in [6.07, 6.45) is 2.31. The lowest BCUT2D eigenvalue weighted by Crippen LogP contribution is -2.25. The number of hydrogen-bond donors (Lipinski definition) is 1. The highest BCUT2D eigenvalue weighted by Crippen LogP contribution is 2.15. The molecule has 1 heterocycles. The van der Waals surface area contributed by atoms with Crippen molar-refractivity contribution in [2.24, 2.45) is 0 Å². The number of ether oxygens (including phenoxy) is 2. The van der Waals surface area contributed by atoms with Gasteiger partial charge in [0.15, 0.2) is 0 Å². The molecule has 0 saturated heterocycles. The van der Waals surface area contributed by atoms with Gasteiger partial charge in [0.25, 0.3) is 5.91 Å². The Hall–Kier alpha value is -2.40. The topological polar surface area (TPSA) is 60.5 Å². The maximum Gasteiger partial charge on any atom is 0.252 e. The fraction of sp³-hybridized carbons (Fsp3) is 0.333. The number of pyridine rings is 1.